The first-order valence-corrected chi connectivity index (χ1v) is 11.8. The van der Waals surface area contributed by atoms with E-state index < -0.39 is 5.82 Å². The summed E-state index contributed by atoms with van der Waals surface area (Å²) in [5.41, 5.74) is 11.0. The van der Waals surface area contributed by atoms with E-state index in [2.05, 4.69) is 37.9 Å². The van der Waals surface area contributed by atoms with Gasteiger partial charge in [0.05, 0.1) is 11.1 Å². The van der Waals surface area contributed by atoms with Crippen molar-refractivity contribution < 1.29 is 13.9 Å². The standard InChI is InChI=1S/C27H26FN7O2/c1-4-21(36)34-18-8-5-16(6-9-18)24-22(23-25(29)31-14-32-26(23)35(24)3)17-7-10-20(19(28)13-17)37-27-30-12-11-15(2)33-27/h4-5,7,10-14,18H,1,6,8-9H2,2-3H3,(H,34,36)(H2,29,31,32). The van der Waals surface area contributed by atoms with Crippen molar-refractivity contribution in [3.8, 4) is 22.9 Å². The van der Waals surface area contributed by atoms with Gasteiger partial charge in [0.15, 0.2) is 11.6 Å². The van der Waals surface area contributed by atoms with E-state index in [1.807, 2.05) is 11.6 Å². The lowest BCUT2D eigenvalue weighted by Gasteiger charge is -2.23. The van der Waals surface area contributed by atoms with Crippen LogP contribution < -0.4 is 15.8 Å². The number of nitrogens with one attached hydrogen (secondary N) is 1. The topological polar surface area (TPSA) is 121 Å². The van der Waals surface area contributed by atoms with E-state index in [1.54, 1.807) is 31.3 Å². The summed E-state index contributed by atoms with van der Waals surface area (Å²) in [4.78, 5) is 28.6. The molecule has 0 saturated carbocycles. The number of carbonyl (C=O) groups excluding carboxylic acids is 1. The second-order valence-electron chi connectivity index (χ2n) is 8.88. The molecule has 1 aliphatic rings. The quantitative estimate of drug-likeness (QED) is 0.375. The normalized spacial score (nSPS) is 15.3. The van der Waals surface area contributed by atoms with E-state index in [4.69, 9.17) is 10.5 Å². The number of aromatic nitrogens is 5. The molecule has 3 N–H and O–H groups in total. The van der Waals surface area contributed by atoms with E-state index in [0.717, 1.165) is 23.3 Å². The van der Waals surface area contributed by atoms with Crippen LogP contribution >= 0.6 is 0 Å². The number of hydrogen-bond acceptors (Lipinski definition) is 7. The molecular weight excluding hydrogens is 473 g/mol. The molecule has 0 aliphatic heterocycles. The van der Waals surface area contributed by atoms with Gasteiger partial charge in [-0.2, -0.15) is 0 Å². The molecule has 0 spiro atoms. The van der Waals surface area contributed by atoms with Crippen molar-refractivity contribution in [3.05, 3.63) is 72.7 Å². The molecule has 1 unspecified atom stereocenters. The zero-order valence-electron chi connectivity index (χ0n) is 20.5. The highest BCUT2D eigenvalue weighted by molar-refractivity contribution is 6.06. The van der Waals surface area contributed by atoms with E-state index in [-0.39, 0.29) is 23.7 Å². The maximum Gasteiger partial charge on any atom is 0.322 e. The number of rotatable bonds is 6. The van der Waals surface area contributed by atoms with Gasteiger partial charge < -0.3 is 20.4 Å². The second-order valence-corrected chi connectivity index (χ2v) is 8.88. The Kier molecular flexibility index (Phi) is 6.39. The SMILES string of the molecule is C=CC(=O)NC1CC=C(c2c(-c3ccc(Oc4nccc(C)n4)c(F)c3)c3c(N)ncnc3n2C)CC1. The molecule has 5 rings (SSSR count). The molecule has 188 valence electrons. The van der Waals surface area contributed by atoms with Gasteiger partial charge in [0.2, 0.25) is 5.91 Å². The molecule has 0 radical (unpaired) electrons. The summed E-state index contributed by atoms with van der Waals surface area (Å²) in [6.45, 7) is 5.32. The molecule has 1 amide bonds. The zero-order chi connectivity index (χ0) is 26.1. The summed E-state index contributed by atoms with van der Waals surface area (Å²) in [5, 5.41) is 3.60. The molecular formula is C27H26FN7O2. The van der Waals surface area contributed by atoms with Gasteiger partial charge in [0, 0.05) is 30.5 Å². The first-order valence-electron chi connectivity index (χ1n) is 11.8. The van der Waals surface area contributed by atoms with Gasteiger partial charge in [0.25, 0.3) is 0 Å². The van der Waals surface area contributed by atoms with Crippen LogP contribution in [0, 0.1) is 12.7 Å². The molecule has 10 heteroatoms. The predicted molar refractivity (Wildman–Crippen MR) is 139 cm³/mol. The number of halogens is 1. The third-order valence-electron chi connectivity index (χ3n) is 6.44. The highest BCUT2D eigenvalue weighted by Crippen LogP contribution is 2.42. The van der Waals surface area contributed by atoms with Crippen LogP contribution in [-0.2, 0) is 11.8 Å². The second kappa shape index (κ2) is 9.81. The average Bonchev–Trinajstić information content (AvgIpc) is 3.19. The average molecular weight is 500 g/mol. The number of carbonyl (C=O) groups is 1. The maximum atomic E-state index is 15.3. The summed E-state index contributed by atoms with van der Waals surface area (Å²) in [7, 11) is 1.91. The molecule has 9 nitrogen and oxygen atoms in total. The summed E-state index contributed by atoms with van der Waals surface area (Å²) in [6, 6.07) is 6.56. The van der Waals surface area contributed by atoms with Gasteiger partial charge in [0.1, 0.15) is 17.8 Å². The highest BCUT2D eigenvalue weighted by atomic mass is 19.1. The van der Waals surface area contributed by atoms with Crippen molar-refractivity contribution >= 4 is 28.3 Å². The van der Waals surface area contributed by atoms with Crippen molar-refractivity contribution in [1.29, 1.82) is 0 Å². The van der Waals surface area contributed by atoms with Crippen LogP contribution in [0.5, 0.6) is 11.8 Å². The van der Waals surface area contributed by atoms with Crippen molar-refractivity contribution in [2.75, 3.05) is 5.73 Å². The Morgan fingerprint density at radius 3 is 2.84 bits per heavy atom. The third-order valence-corrected chi connectivity index (χ3v) is 6.44. The molecule has 0 fully saturated rings. The Hall–Kier alpha value is -4.60. The Morgan fingerprint density at radius 1 is 1.30 bits per heavy atom. The number of anilines is 1. The Morgan fingerprint density at radius 2 is 2.14 bits per heavy atom. The third kappa shape index (κ3) is 4.65. The Labute approximate surface area is 212 Å². The van der Waals surface area contributed by atoms with Gasteiger partial charge in [-0.1, -0.05) is 18.7 Å². The van der Waals surface area contributed by atoms with E-state index in [9.17, 15) is 4.79 Å². The van der Waals surface area contributed by atoms with Crippen LogP contribution in [0.4, 0.5) is 10.2 Å². The van der Waals surface area contributed by atoms with Crippen molar-refractivity contribution in [1.82, 2.24) is 29.8 Å². The van der Waals surface area contributed by atoms with E-state index in [0.29, 0.717) is 41.0 Å². The fraction of sp³-hybridized carbons (Fsp3) is 0.222. The van der Waals surface area contributed by atoms with Crippen molar-refractivity contribution in [2.45, 2.75) is 32.2 Å². The van der Waals surface area contributed by atoms with Crippen molar-refractivity contribution in [2.24, 2.45) is 7.05 Å². The molecule has 37 heavy (non-hydrogen) atoms. The number of hydrogen-bond donors (Lipinski definition) is 2. The Balaban J connectivity index is 1.58. The number of nitrogens with two attached hydrogens (primary N) is 1. The first kappa shape index (κ1) is 24.1. The summed E-state index contributed by atoms with van der Waals surface area (Å²) >= 11 is 0. The first-order chi connectivity index (χ1) is 17.9. The molecule has 1 aliphatic carbocycles. The van der Waals surface area contributed by atoms with Gasteiger partial charge in [-0.05, 0) is 61.6 Å². The summed E-state index contributed by atoms with van der Waals surface area (Å²) < 4.78 is 22.8. The van der Waals surface area contributed by atoms with Gasteiger partial charge in [-0.15, -0.1) is 0 Å². The van der Waals surface area contributed by atoms with Gasteiger partial charge >= 0.3 is 6.01 Å². The molecule has 3 aromatic heterocycles. The van der Waals surface area contributed by atoms with Crippen LogP contribution in [-0.4, -0.2) is 36.5 Å². The van der Waals surface area contributed by atoms with E-state index in [1.165, 1.54) is 18.5 Å². The number of allylic oxidation sites excluding steroid dienone is 1. The number of nitrogen functional groups attached to an aromatic ring is 1. The lowest BCUT2D eigenvalue weighted by Crippen LogP contribution is -2.34. The lowest BCUT2D eigenvalue weighted by molar-refractivity contribution is -0.117. The molecule has 0 saturated heterocycles. The minimum absolute atomic E-state index is 0.0121. The maximum absolute atomic E-state index is 15.3. The number of nitrogens with zero attached hydrogens (tertiary/aromatic N) is 5. The van der Waals surface area contributed by atoms with Crippen LogP contribution in [0.25, 0.3) is 27.7 Å². The van der Waals surface area contributed by atoms with Gasteiger partial charge in [-0.25, -0.2) is 24.3 Å². The van der Waals surface area contributed by atoms with Crippen LogP contribution in [0.3, 0.4) is 0 Å². The lowest BCUT2D eigenvalue weighted by atomic mass is 9.89. The Bertz CT molecular complexity index is 1560. The number of aryl methyl sites for hydroxylation is 2. The number of benzene rings is 1. The van der Waals surface area contributed by atoms with Crippen molar-refractivity contribution in [3.63, 3.8) is 0 Å². The van der Waals surface area contributed by atoms with Gasteiger partial charge in [-0.3, -0.25) is 4.79 Å². The molecule has 4 aromatic rings. The fourth-order valence-corrected chi connectivity index (χ4v) is 4.69. The summed E-state index contributed by atoms with van der Waals surface area (Å²) in [6.07, 6.45) is 8.47. The van der Waals surface area contributed by atoms with Crippen LogP contribution in [0.2, 0.25) is 0 Å². The predicted octanol–water partition coefficient (Wildman–Crippen LogP) is 4.49. The monoisotopic (exact) mass is 499 g/mol. The van der Waals surface area contributed by atoms with E-state index >= 15 is 4.39 Å². The number of amides is 1. The largest absolute Gasteiger partial charge is 0.421 e. The van der Waals surface area contributed by atoms with Crippen LogP contribution in [0.1, 0.15) is 30.7 Å². The number of fused-ring (bicyclic) bond motifs is 1. The zero-order valence-corrected chi connectivity index (χ0v) is 20.5. The number of ether oxygens (including phenoxy) is 1. The minimum Gasteiger partial charge on any atom is -0.421 e. The molecule has 3 heterocycles. The smallest absolute Gasteiger partial charge is 0.322 e. The molecule has 1 atom stereocenters. The fourth-order valence-electron chi connectivity index (χ4n) is 4.69. The highest BCUT2D eigenvalue weighted by Gasteiger charge is 2.26. The molecule has 0 bridgehead atoms. The van der Waals surface area contributed by atoms with Crippen LogP contribution in [0.15, 0.2) is 55.5 Å². The molecule has 1 aromatic carbocycles. The summed E-state index contributed by atoms with van der Waals surface area (Å²) in [5.74, 6) is -0.434. The minimum atomic E-state index is -0.564.